The molecule has 1 N–H and O–H groups in total. The lowest BCUT2D eigenvalue weighted by Crippen LogP contribution is -2.08. The Bertz CT molecular complexity index is 484. The standard InChI is InChI=1S/C10H10N2O5/c1-6-3-8(11-5-13)7(10(14)17-2)4-9(6)12(15)16/h3-5H,1-2H3,(H,11,13). The lowest BCUT2D eigenvalue weighted by atomic mass is 10.1. The van der Waals surface area contributed by atoms with E-state index in [-0.39, 0.29) is 16.9 Å². The van der Waals surface area contributed by atoms with Crippen LogP contribution in [0.25, 0.3) is 0 Å². The predicted octanol–water partition coefficient (Wildman–Crippen LogP) is 1.26. The summed E-state index contributed by atoms with van der Waals surface area (Å²) in [6.07, 6.45) is 0.382. The maximum absolute atomic E-state index is 11.4. The molecule has 1 amide bonds. The number of carbonyl (C=O) groups excluding carboxylic acids is 2. The first-order valence-corrected chi connectivity index (χ1v) is 4.58. The zero-order chi connectivity index (χ0) is 13.0. The molecule has 7 heteroatoms. The van der Waals surface area contributed by atoms with E-state index < -0.39 is 10.9 Å². The van der Waals surface area contributed by atoms with Crippen LogP contribution < -0.4 is 5.32 Å². The van der Waals surface area contributed by atoms with Gasteiger partial charge in [-0.05, 0) is 13.0 Å². The first kappa shape index (κ1) is 12.6. The van der Waals surface area contributed by atoms with Crippen LogP contribution in [0, 0.1) is 17.0 Å². The van der Waals surface area contributed by atoms with Gasteiger partial charge in [0, 0.05) is 11.6 Å². The van der Waals surface area contributed by atoms with Gasteiger partial charge in [0.1, 0.15) is 0 Å². The molecule has 0 radical (unpaired) electrons. The smallest absolute Gasteiger partial charge is 0.340 e. The predicted molar refractivity (Wildman–Crippen MR) is 58.9 cm³/mol. The third kappa shape index (κ3) is 2.57. The molecule has 90 valence electrons. The van der Waals surface area contributed by atoms with Gasteiger partial charge in [-0.2, -0.15) is 0 Å². The third-order valence-corrected chi connectivity index (χ3v) is 2.15. The summed E-state index contributed by atoms with van der Waals surface area (Å²) in [6, 6.07) is 2.42. The second kappa shape index (κ2) is 5.06. The van der Waals surface area contributed by atoms with Crippen molar-refractivity contribution in [1.82, 2.24) is 0 Å². The maximum atomic E-state index is 11.4. The molecule has 1 rings (SSSR count). The van der Waals surface area contributed by atoms with Gasteiger partial charge in [0.2, 0.25) is 6.41 Å². The maximum Gasteiger partial charge on any atom is 0.340 e. The molecule has 0 aliphatic carbocycles. The van der Waals surface area contributed by atoms with Gasteiger partial charge in [-0.3, -0.25) is 14.9 Å². The van der Waals surface area contributed by atoms with E-state index in [1.54, 1.807) is 0 Å². The number of amides is 1. The lowest BCUT2D eigenvalue weighted by Gasteiger charge is -2.08. The van der Waals surface area contributed by atoms with E-state index in [1.807, 2.05) is 0 Å². The molecule has 0 aliphatic rings. The number of nitrogens with one attached hydrogen (secondary N) is 1. The summed E-state index contributed by atoms with van der Waals surface area (Å²) in [6.45, 7) is 1.51. The summed E-state index contributed by atoms with van der Waals surface area (Å²) in [5.74, 6) is -0.752. The van der Waals surface area contributed by atoms with Crippen LogP contribution >= 0.6 is 0 Å². The SMILES string of the molecule is COC(=O)c1cc([N+](=O)[O-])c(C)cc1NC=O. The fourth-order valence-electron chi connectivity index (χ4n) is 1.35. The highest BCUT2D eigenvalue weighted by Crippen LogP contribution is 2.26. The molecule has 0 atom stereocenters. The Morgan fingerprint density at radius 3 is 2.65 bits per heavy atom. The molecule has 0 unspecified atom stereocenters. The molecule has 0 spiro atoms. The summed E-state index contributed by atoms with van der Waals surface area (Å²) in [7, 11) is 1.15. The van der Waals surface area contributed by atoms with Gasteiger partial charge in [0.15, 0.2) is 0 Å². The van der Waals surface area contributed by atoms with Crippen molar-refractivity contribution in [3.63, 3.8) is 0 Å². The number of ether oxygens (including phenoxy) is 1. The van der Waals surface area contributed by atoms with E-state index in [1.165, 1.54) is 13.0 Å². The van der Waals surface area contributed by atoms with E-state index >= 15 is 0 Å². The van der Waals surface area contributed by atoms with E-state index in [4.69, 9.17) is 0 Å². The zero-order valence-electron chi connectivity index (χ0n) is 9.22. The van der Waals surface area contributed by atoms with Gasteiger partial charge in [-0.15, -0.1) is 0 Å². The molecule has 0 fully saturated rings. The quantitative estimate of drug-likeness (QED) is 0.368. The lowest BCUT2D eigenvalue weighted by molar-refractivity contribution is -0.385. The first-order valence-electron chi connectivity index (χ1n) is 4.58. The molecule has 0 aromatic heterocycles. The number of carbonyl (C=O) groups is 2. The van der Waals surface area contributed by atoms with Crippen LogP contribution in [0.1, 0.15) is 15.9 Å². The van der Waals surface area contributed by atoms with Crippen molar-refractivity contribution < 1.29 is 19.2 Å². The molecule has 0 bridgehead atoms. The highest BCUT2D eigenvalue weighted by Gasteiger charge is 2.20. The highest BCUT2D eigenvalue weighted by atomic mass is 16.6. The number of anilines is 1. The van der Waals surface area contributed by atoms with Crippen LogP contribution in [0.4, 0.5) is 11.4 Å². The van der Waals surface area contributed by atoms with Crippen molar-refractivity contribution in [1.29, 1.82) is 0 Å². The Morgan fingerprint density at radius 2 is 2.18 bits per heavy atom. The van der Waals surface area contributed by atoms with Crippen LogP contribution in [0.5, 0.6) is 0 Å². The van der Waals surface area contributed by atoms with Crippen LogP contribution in [-0.4, -0.2) is 24.4 Å². The van der Waals surface area contributed by atoms with Gasteiger partial charge >= 0.3 is 5.97 Å². The normalized spacial score (nSPS) is 9.53. The average Bonchev–Trinajstić information content (AvgIpc) is 2.28. The van der Waals surface area contributed by atoms with Gasteiger partial charge < -0.3 is 10.1 Å². The molecule has 0 saturated carbocycles. The summed E-state index contributed by atoms with van der Waals surface area (Å²) in [5.41, 5.74) is 0.251. The molecule has 0 saturated heterocycles. The Hall–Kier alpha value is -2.44. The minimum atomic E-state index is -0.752. The molecular weight excluding hydrogens is 228 g/mol. The van der Waals surface area contributed by atoms with E-state index in [9.17, 15) is 19.7 Å². The van der Waals surface area contributed by atoms with Gasteiger partial charge in [-0.25, -0.2) is 4.79 Å². The minimum absolute atomic E-state index is 0.0584. The van der Waals surface area contributed by atoms with Crippen molar-refractivity contribution in [2.75, 3.05) is 12.4 Å². The summed E-state index contributed by atoms with van der Waals surface area (Å²) >= 11 is 0. The van der Waals surface area contributed by atoms with E-state index in [0.29, 0.717) is 12.0 Å². The largest absolute Gasteiger partial charge is 0.465 e. The van der Waals surface area contributed by atoms with Crippen LogP contribution in [0.2, 0.25) is 0 Å². The summed E-state index contributed by atoms with van der Waals surface area (Å²) in [4.78, 5) is 31.9. The Balaban J connectivity index is 3.41. The Kier molecular flexibility index (Phi) is 3.76. The molecule has 1 aromatic carbocycles. The molecule has 17 heavy (non-hydrogen) atoms. The first-order chi connectivity index (χ1) is 8.01. The van der Waals surface area contributed by atoms with Crippen LogP contribution in [0.15, 0.2) is 12.1 Å². The number of hydrogen-bond donors (Lipinski definition) is 1. The van der Waals surface area contributed by atoms with E-state index in [0.717, 1.165) is 13.2 Å². The number of benzene rings is 1. The number of esters is 1. The van der Waals surface area contributed by atoms with Gasteiger partial charge in [-0.1, -0.05) is 0 Å². The van der Waals surface area contributed by atoms with Crippen molar-refractivity contribution in [2.24, 2.45) is 0 Å². The minimum Gasteiger partial charge on any atom is -0.465 e. The van der Waals surface area contributed by atoms with Crippen LogP contribution in [0.3, 0.4) is 0 Å². The van der Waals surface area contributed by atoms with Crippen LogP contribution in [-0.2, 0) is 9.53 Å². The Labute approximate surface area is 96.5 Å². The number of aryl methyl sites for hydroxylation is 1. The molecule has 0 heterocycles. The number of rotatable bonds is 4. The number of nitro benzene ring substituents is 1. The third-order valence-electron chi connectivity index (χ3n) is 2.15. The summed E-state index contributed by atoms with van der Waals surface area (Å²) < 4.78 is 4.48. The molecular formula is C10H10N2O5. The van der Waals surface area contributed by atoms with Crippen molar-refractivity contribution in [3.05, 3.63) is 33.4 Å². The number of nitrogens with zero attached hydrogens (tertiary/aromatic N) is 1. The summed E-state index contributed by atoms with van der Waals surface area (Å²) in [5, 5.41) is 13.0. The monoisotopic (exact) mass is 238 g/mol. The Morgan fingerprint density at radius 1 is 1.53 bits per heavy atom. The van der Waals surface area contributed by atoms with Gasteiger partial charge in [0.25, 0.3) is 5.69 Å². The van der Waals surface area contributed by atoms with Crippen molar-refractivity contribution >= 4 is 23.8 Å². The van der Waals surface area contributed by atoms with E-state index in [2.05, 4.69) is 10.1 Å². The zero-order valence-corrected chi connectivity index (χ0v) is 9.22. The fraction of sp³-hybridized carbons (Fsp3) is 0.200. The fourth-order valence-corrected chi connectivity index (χ4v) is 1.35. The second-order valence-electron chi connectivity index (χ2n) is 3.20. The molecule has 7 nitrogen and oxygen atoms in total. The van der Waals surface area contributed by atoms with Crippen molar-refractivity contribution in [2.45, 2.75) is 6.92 Å². The number of nitro groups is 1. The van der Waals surface area contributed by atoms with Gasteiger partial charge in [0.05, 0.1) is 23.3 Å². The van der Waals surface area contributed by atoms with Crippen molar-refractivity contribution in [3.8, 4) is 0 Å². The topological polar surface area (TPSA) is 98.5 Å². The highest BCUT2D eigenvalue weighted by molar-refractivity contribution is 5.98. The average molecular weight is 238 g/mol. The molecule has 0 aliphatic heterocycles. The number of methoxy groups -OCH3 is 1. The number of hydrogen-bond acceptors (Lipinski definition) is 5. The second-order valence-corrected chi connectivity index (χ2v) is 3.20. The molecule has 1 aromatic rings.